The maximum Gasteiger partial charge on any atom is 0.246 e. The van der Waals surface area contributed by atoms with Crippen molar-refractivity contribution in [3.63, 3.8) is 0 Å². The number of para-hydroxylation sites is 1. The van der Waals surface area contributed by atoms with Crippen LogP contribution in [0.25, 0.3) is 0 Å². The summed E-state index contributed by atoms with van der Waals surface area (Å²) >= 11 is 0. The van der Waals surface area contributed by atoms with E-state index in [1.54, 1.807) is 12.1 Å². The van der Waals surface area contributed by atoms with Crippen LogP contribution < -0.4 is 10.6 Å². The van der Waals surface area contributed by atoms with Crippen LogP contribution in [0.15, 0.2) is 84.9 Å². The van der Waals surface area contributed by atoms with Crippen LogP contribution in [0.4, 0.5) is 15.8 Å². The summed E-state index contributed by atoms with van der Waals surface area (Å²) in [6.45, 7) is 2.90. The Hall–Kier alpha value is -3.55. The Morgan fingerprint density at radius 1 is 0.758 bits per heavy atom. The molecule has 0 aliphatic carbocycles. The van der Waals surface area contributed by atoms with Gasteiger partial charge in [0, 0.05) is 37.6 Å². The smallest absolute Gasteiger partial charge is 0.246 e. The van der Waals surface area contributed by atoms with Crippen molar-refractivity contribution in [1.82, 2.24) is 9.80 Å². The minimum atomic E-state index is -0.415. The number of hydrogen-bond acceptors (Lipinski definition) is 4. The summed E-state index contributed by atoms with van der Waals surface area (Å²) in [5.74, 6) is -0.556. The Labute approximate surface area is 193 Å². The van der Waals surface area contributed by atoms with Crippen LogP contribution in [0.5, 0.6) is 0 Å². The lowest BCUT2D eigenvalue weighted by molar-refractivity contribution is -0.123. The fourth-order valence-electron chi connectivity index (χ4n) is 4.01. The van der Waals surface area contributed by atoms with Gasteiger partial charge in [0.15, 0.2) is 0 Å². The third kappa shape index (κ3) is 6.25. The van der Waals surface area contributed by atoms with Gasteiger partial charge in [-0.3, -0.25) is 19.4 Å². The molecule has 3 aromatic carbocycles. The van der Waals surface area contributed by atoms with Crippen molar-refractivity contribution < 1.29 is 14.0 Å². The van der Waals surface area contributed by atoms with Gasteiger partial charge in [-0.2, -0.15) is 0 Å². The van der Waals surface area contributed by atoms with Crippen LogP contribution in [0, 0.1) is 5.82 Å². The molecule has 170 valence electrons. The monoisotopic (exact) mass is 446 g/mol. The van der Waals surface area contributed by atoms with E-state index < -0.39 is 6.04 Å². The molecule has 1 aliphatic rings. The first kappa shape index (κ1) is 22.6. The number of anilines is 2. The molecule has 0 spiro atoms. The van der Waals surface area contributed by atoms with Gasteiger partial charge in [-0.15, -0.1) is 0 Å². The van der Waals surface area contributed by atoms with Crippen LogP contribution in [-0.2, 0) is 9.59 Å². The number of carbonyl (C=O) groups excluding carboxylic acids is 2. The highest BCUT2D eigenvalue weighted by atomic mass is 19.1. The second-order valence-corrected chi connectivity index (χ2v) is 8.04. The van der Waals surface area contributed by atoms with Crippen LogP contribution in [0.3, 0.4) is 0 Å². The van der Waals surface area contributed by atoms with E-state index in [1.807, 2.05) is 60.7 Å². The molecule has 1 fully saturated rings. The van der Waals surface area contributed by atoms with Gasteiger partial charge in [-0.1, -0.05) is 48.5 Å². The molecular weight excluding hydrogens is 419 g/mol. The third-order valence-electron chi connectivity index (χ3n) is 5.67. The molecule has 1 atom stereocenters. The molecule has 2 N–H and O–H groups in total. The highest BCUT2D eigenvalue weighted by molar-refractivity contribution is 5.95. The van der Waals surface area contributed by atoms with Crippen LogP contribution in [0.2, 0.25) is 0 Å². The lowest BCUT2D eigenvalue weighted by Crippen LogP contribution is -2.51. The fraction of sp³-hybridized carbons (Fsp3) is 0.231. The molecule has 4 rings (SSSR count). The predicted octanol–water partition coefficient (Wildman–Crippen LogP) is 3.76. The number of carbonyl (C=O) groups is 2. The summed E-state index contributed by atoms with van der Waals surface area (Å²) < 4.78 is 13.0. The van der Waals surface area contributed by atoms with Crippen LogP contribution in [-0.4, -0.2) is 54.3 Å². The summed E-state index contributed by atoms with van der Waals surface area (Å²) in [4.78, 5) is 29.8. The summed E-state index contributed by atoms with van der Waals surface area (Å²) in [7, 11) is 0. The summed E-state index contributed by atoms with van der Waals surface area (Å²) in [5, 5.41) is 5.82. The molecule has 1 saturated heterocycles. The second kappa shape index (κ2) is 10.8. The number of nitrogens with one attached hydrogen (secondary N) is 2. The Morgan fingerprint density at radius 2 is 1.33 bits per heavy atom. The highest BCUT2D eigenvalue weighted by Gasteiger charge is 2.31. The topological polar surface area (TPSA) is 64.7 Å². The van der Waals surface area contributed by atoms with Crippen molar-refractivity contribution >= 4 is 23.2 Å². The highest BCUT2D eigenvalue weighted by Crippen LogP contribution is 2.24. The quantitative estimate of drug-likeness (QED) is 0.580. The van der Waals surface area contributed by atoms with E-state index in [0.717, 1.165) is 11.3 Å². The molecular formula is C26H27FN4O2. The molecule has 0 radical (unpaired) electrons. The van der Waals surface area contributed by atoms with Gasteiger partial charge in [0.05, 0.1) is 6.54 Å². The number of rotatable bonds is 7. The average molecular weight is 447 g/mol. The maximum absolute atomic E-state index is 13.2. The average Bonchev–Trinajstić information content (AvgIpc) is 2.83. The summed E-state index contributed by atoms with van der Waals surface area (Å²) in [6, 6.07) is 24.5. The van der Waals surface area contributed by atoms with Crippen LogP contribution >= 0.6 is 0 Å². The molecule has 3 aromatic rings. The largest absolute Gasteiger partial charge is 0.325 e. The van der Waals surface area contributed by atoms with Crippen molar-refractivity contribution in [3.05, 3.63) is 96.3 Å². The van der Waals surface area contributed by atoms with Gasteiger partial charge in [0.1, 0.15) is 11.9 Å². The molecule has 0 aromatic heterocycles. The molecule has 6 nitrogen and oxygen atoms in total. The van der Waals surface area contributed by atoms with Crippen molar-refractivity contribution in [2.45, 2.75) is 6.04 Å². The minimum Gasteiger partial charge on any atom is -0.325 e. The second-order valence-electron chi connectivity index (χ2n) is 8.04. The van der Waals surface area contributed by atoms with Gasteiger partial charge >= 0.3 is 0 Å². The SMILES string of the molecule is O=C(CN1CCN(C(C(=O)Nc2ccccc2)c2ccccc2)CC1)Nc1ccc(F)cc1. The van der Waals surface area contributed by atoms with Crippen LogP contribution in [0.1, 0.15) is 11.6 Å². The van der Waals surface area contributed by atoms with E-state index >= 15 is 0 Å². The molecule has 1 heterocycles. The van der Waals surface area contributed by atoms with Crippen molar-refractivity contribution in [2.24, 2.45) is 0 Å². The van der Waals surface area contributed by atoms with E-state index in [4.69, 9.17) is 0 Å². The maximum atomic E-state index is 13.2. The Bertz CT molecular complexity index is 1050. The molecule has 0 bridgehead atoms. The van der Waals surface area contributed by atoms with Gasteiger partial charge < -0.3 is 10.6 Å². The van der Waals surface area contributed by atoms with Gasteiger partial charge in [-0.05, 0) is 42.0 Å². The molecule has 33 heavy (non-hydrogen) atoms. The summed E-state index contributed by atoms with van der Waals surface area (Å²) in [6.07, 6.45) is 0. The first-order valence-corrected chi connectivity index (χ1v) is 11.0. The van der Waals surface area contributed by atoms with E-state index in [2.05, 4.69) is 20.4 Å². The Kier molecular flexibility index (Phi) is 7.44. The van der Waals surface area contributed by atoms with E-state index in [-0.39, 0.29) is 24.2 Å². The van der Waals surface area contributed by atoms with Gasteiger partial charge in [0.2, 0.25) is 11.8 Å². The number of amides is 2. The number of nitrogens with zero attached hydrogens (tertiary/aromatic N) is 2. The number of piperazine rings is 1. The molecule has 1 unspecified atom stereocenters. The van der Waals surface area contributed by atoms with Crippen molar-refractivity contribution in [3.8, 4) is 0 Å². The van der Waals surface area contributed by atoms with Crippen molar-refractivity contribution in [2.75, 3.05) is 43.4 Å². The van der Waals surface area contributed by atoms with Gasteiger partial charge in [0.25, 0.3) is 0 Å². The Morgan fingerprint density at radius 3 is 1.97 bits per heavy atom. The number of halogens is 1. The third-order valence-corrected chi connectivity index (χ3v) is 5.67. The van der Waals surface area contributed by atoms with E-state index in [1.165, 1.54) is 12.1 Å². The number of hydrogen-bond donors (Lipinski definition) is 2. The zero-order valence-electron chi connectivity index (χ0n) is 18.3. The first-order valence-electron chi connectivity index (χ1n) is 11.0. The Balaban J connectivity index is 1.37. The van der Waals surface area contributed by atoms with E-state index in [0.29, 0.717) is 31.9 Å². The fourth-order valence-corrected chi connectivity index (χ4v) is 4.01. The zero-order valence-corrected chi connectivity index (χ0v) is 18.3. The normalized spacial score (nSPS) is 15.5. The molecule has 0 saturated carbocycles. The zero-order chi connectivity index (χ0) is 23.0. The molecule has 7 heteroatoms. The minimum absolute atomic E-state index is 0.0742. The standard InChI is InChI=1S/C26H27FN4O2/c27-21-11-13-23(14-12-21)28-24(32)19-30-15-17-31(18-16-30)25(20-7-3-1-4-8-20)26(33)29-22-9-5-2-6-10-22/h1-14,25H,15-19H2,(H,28,32)(H,29,33). The molecule has 2 amide bonds. The van der Waals surface area contributed by atoms with E-state index in [9.17, 15) is 14.0 Å². The lowest BCUT2D eigenvalue weighted by atomic mass is 10.0. The van der Waals surface area contributed by atoms with Gasteiger partial charge in [-0.25, -0.2) is 4.39 Å². The predicted molar refractivity (Wildman–Crippen MR) is 127 cm³/mol. The summed E-state index contributed by atoms with van der Waals surface area (Å²) in [5.41, 5.74) is 2.27. The number of benzene rings is 3. The lowest BCUT2D eigenvalue weighted by Gasteiger charge is -2.38. The first-order chi connectivity index (χ1) is 16.1. The molecule has 1 aliphatic heterocycles. The van der Waals surface area contributed by atoms with Crippen molar-refractivity contribution in [1.29, 1.82) is 0 Å².